The Bertz CT molecular complexity index is 1190. The zero-order valence-corrected chi connectivity index (χ0v) is 18.4. The topological polar surface area (TPSA) is 51.7 Å². The van der Waals surface area contributed by atoms with Gasteiger partial charge in [-0.15, -0.1) is 0 Å². The molecule has 0 fully saturated rings. The molecule has 2 aromatic carbocycles. The van der Waals surface area contributed by atoms with Crippen molar-refractivity contribution >= 4 is 22.9 Å². The van der Waals surface area contributed by atoms with Gasteiger partial charge in [0.05, 0.1) is 19.1 Å². The highest BCUT2D eigenvalue weighted by Crippen LogP contribution is 2.42. The Balaban J connectivity index is 1.51. The zero-order chi connectivity index (χ0) is 21.4. The third kappa shape index (κ3) is 3.51. The fourth-order valence-electron chi connectivity index (χ4n) is 4.38. The average molecular weight is 433 g/mol. The number of hydrogen-bond donors (Lipinski definition) is 0. The molecule has 158 valence electrons. The lowest BCUT2D eigenvalue weighted by Crippen LogP contribution is -2.25. The Morgan fingerprint density at radius 1 is 1.06 bits per heavy atom. The molecular formula is C25H24N2O3S. The van der Waals surface area contributed by atoms with Crippen LogP contribution in [-0.4, -0.2) is 30.0 Å². The van der Waals surface area contributed by atoms with Gasteiger partial charge in [0.15, 0.2) is 22.5 Å². The molecule has 1 aliphatic carbocycles. The molecule has 0 radical (unpaired) electrons. The normalized spacial score (nSPS) is 17.7. The molecule has 5 nitrogen and oxygen atoms in total. The number of hydrogen-bond acceptors (Lipinski definition) is 4. The molecule has 2 unspecified atom stereocenters. The van der Waals surface area contributed by atoms with Gasteiger partial charge in [0.25, 0.3) is 0 Å². The molecule has 31 heavy (non-hydrogen) atoms. The number of aryl methyl sites for hydroxylation is 1. The number of anilines is 1. The Hall–Kier alpha value is -3.12. The molecule has 5 rings (SSSR count). The quantitative estimate of drug-likeness (QED) is 0.585. The number of allylic oxidation sites excluding steroid dienone is 1. The van der Waals surface area contributed by atoms with Crippen molar-refractivity contribution in [2.75, 3.05) is 25.1 Å². The summed E-state index contributed by atoms with van der Waals surface area (Å²) in [6, 6.07) is 16.1. The van der Waals surface area contributed by atoms with E-state index in [-0.39, 0.29) is 5.92 Å². The van der Waals surface area contributed by atoms with E-state index in [1.807, 2.05) is 40.7 Å². The summed E-state index contributed by atoms with van der Waals surface area (Å²) in [6.45, 7) is 0.585. The van der Waals surface area contributed by atoms with Crippen molar-refractivity contribution in [1.82, 2.24) is 4.98 Å². The Morgan fingerprint density at radius 2 is 1.94 bits per heavy atom. The highest BCUT2D eigenvalue weighted by atomic mass is 32.2. The summed E-state index contributed by atoms with van der Waals surface area (Å²) >= 11 is 0. The molecule has 6 heteroatoms. The molecule has 0 bridgehead atoms. The first-order valence-corrected chi connectivity index (χ1v) is 11.5. The summed E-state index contributed by atoms with van der Waals surface area (Å²) in [4.78, 5) is 5.39. The molecule has 1 aromatic heterocycles. The van der Waals surface area contributed by atoms with E-state index in [1.165, 1.54) is 5.56 Å². The van der Waals surface area contributed by atoms with Gasteiger partial charge in [0.1, 0.15) is 5.82 Å². The van der Waals surface area contributed by atoms with Crippen LogP contribution in [0.1, 0.15) is 34.6 Å². The highest BCUT2D eigenvalue weighted by Gasteiger charge is 2.35. The van der Waals surface area contributed by atoms with E-state index >= 15 is 0 Å². The smallest absolute Gasteiger partial charge is 0.161 e. The summed E-state index contributed by atoms with van der Waals surface area (Å²) in [7, 11) is 1.92. The van der Waals surface area contributed by atoms with Crippen LogP contribution in [0.2, 0.25) is 0 Å². The van der Waals surface area contributed by atoms with Gasteiger partial charge in [0.2, 0.25) is 0 Å². The molecule has 1 aliphatic heterocycles. The second-order valence-corrected chi connectivity index (χ2v) is 9.11. The fraction of sp³-hybridized carbons (Fsp3) is 0.240. The van der Waals surface area contributed by atoms with Crippen LogP contribution in [0.3, 0.4) is 0 Å². The molecule has 0 saturated carbocycles. The molecule has 2 heterocycles. The second kappa shape index (κ2) is 8.19. The SMILES string of the molecule is COc1ccc(C2CN(S(=O)c3ccc4c(c3)C=CCC4)c3ncccc32)cc1OC. The molecule has 2 atom stereocenters. The lowest BCUT2D eigenvalue weighted by atomic mass is 9.94. The maximum Gasteiger partial charge on any atom is 0.161 e. The van der Waals surface area contributed by atoms with E-state index in [1.54, 1.807) is 20.4 Å². The minimum Gasteiger partial charge on any atom is -0.493 e. The lowest BCUT2D eigenvalue weighted by Gasteiger charge is -2.19. The Kier molecular flexibility index (Phi) is 5.24. The molecular weight excluding hydrogens is 408 g/mol. The Labute approximate surface area is 184 Å². The standard InChI is InChI=1S/C25H24N2O3S/c1-29-23-12-10-19(15-24(23)30-2)22-16-27(25-21(22)8-5-13-26-25)31(28)20-11-9-17-6-3-4-7-18(17)14-20/h4-5,7-15,22H,3,6,16H2,1-2H3. The average Bonchev–Trinajstić information content (AvgIpc) is 3.22. The number of aromatic nitrogens is 1. The van der Waals surface area contributed by atoms with Crippen LogP contribution in [0.5, 0.6) is 11.5 Å². The number of nitrogens with zero attached hydrogens (tertiary/aromatic N) is 2. The van der Waals surface area contributed by atoms with Crippen LogP contribution < -0.4 is 13.8 Å². The predicted molar refractivity (Wildman–Crippen MR) is 123 cm³/mol. The van der Waals surface area contributed by atoms with Gasteiger partial charge in [-0.25, -0.2) is 9.19 Å². The van der Waals surface area contributed by atoms with Crippen molar-refractivity contribution < 1.29 is 13.7 Å². The van der Waals surface area contributed by atoms with Crippen molar-refractivity contribution in [3.8, 4) is 11.5 Å². The molecule has 0 amide bonds. The molecule has 3 aromatic rings. The number of fused-ring (bicyclic) bond motifs is 2. The fourth-order valence-corrected chi connectivity index (χ4v) is 5.64. The van der Waals surface area contributed by atoms with E-state index in [2.05, 4.69) is 29.3 Å². The van der Waals surface area contributed by atoms with Gasteiger partial charge in [-0.1, -0.05) is 30.4 Å². The zero-order valence-electron chi connectivity index (χ0n) is 17.6. The van der Waals surface area contributed by atoms with Gasteiger partial charge in [-0.3, -0.25) is 4.31 Å². The van der Waals surface area contributed by atoms with Crippen molar-refractivity contribution in [2.45, 2.75) is 23.7 Å². The van der Waals surface area contributed by atoms with Crippen LogP contribution >= 0.6 is 0 Å². The number of rotatable bonds is 5. The van der Waals surface area contributed by atoms with Crippen molar-refractivity contribution in [1.29, 1.82) is 0 Å². The van der Waals surface area contributed by atoms with Gasteiger partial charge in [0, 0.05) is 24.2 Å². The van der Waals surface area contributed by atoms with E-state index in [0.717, 1.165) is 40.2 Å². The van der Waals surface area contributed by atoms with Crippen molar-refractivity contribution in [3.05, 3.63) is 83.1 Å². The summed E-state index contributed by atoms with van der Waals surface area (Å²) in [5, 5.41) is 0. The van der Waals surface area contributed by atoms with Gasteiger partial charge in [-0.05, 0) is 59.9 Å². The predicted octanol–water partition coefficient (Wildman–Crippen LogP) is 4.73. The first-order valence-electron chi connectivity index (χ1n) is 10.4. The van der Waals surface area contributed by atoms with E-state index in [0.29, 0.717) is 18.0 Å². The first-order chi connectivity index (χ1) is 15.2. The highest BCUT2D eigenvalue weighted by molar-refractivity contribution is 7.86. The Morgan fingerprint density at radius 3 is 2.77 bits per heavy atom. The summed E-state index contributed by atoms with van der Waals surface area (Å²) in [5.74, 6) is 2.20. The maximum absolute atomic E-state index is 13.6. The van der Waals surface area contributed by atoms with E-state index in [4.69, 9.17) is 9.47 Å². The lowest BCUT2D eigenvalue weighted by molar-refractivity contribution is 0.354. The monoisotopic (exact) mass is 432 g/mol. The van der Waals surface area contributed by atoms with Gasteiger partial charge >= 0.3 is 0 Å². The first kappa shape index (κ1) is 19.8. The second-order valence-electron chi connectivity index (χ2n) is 7.70. The summed E-state index contributed by atoms with van der Waals surface area (Å²) in [6.07, 6.45) is 8.16. The number of benzene rings is 2. The largest absolute Gasteiger partial charge is 0.493 e. The van der Waals surface area contributed by atoms with Crippen molar-refractivity contribution in [2.24, 2.45) is 0 Å². The summed E-state index contributed by atoms with van der Waals surface area (Å²) in [5.41, 5.74) is 4.63. The summed E-state index contributed by atoms with van der Waals surface area (Å²) < 4.78 is 26.4. The molecule has 2 aliphatic rings. The number of methoxy groups -OCH3 is 2. The van der Waals surface area contributed by atoms with Gasteiger partial charge in [-0.2, -0.15) is 0 Å². The number of pyridine rings is 1. The van der Waals surface area contributed by atoms with Gasteiger partial charge < -0.3 is 9.47 Å². The van der Waals surface area contributed by atoms with Crippen LogP contribution in [-0.2, 0) is 17.4 Å². The molecule has 0 spiro atoms. The number of ether oxygens (including phenoxy) is 2. The third-order valence-corrected chi connectivity index (χ3v) is 7.36. The minimum absolute atomic E-state index is 0.0463. The molecule has 0 saturated heterocycles. The van der Waals surface area contributed by atoms with Crippen LogP contribution in [0, 0.1) is 0 Å². The van der Waals surface area contributed by atoms with E-state index < -0.39 is 11.0 Å². The minimum atomic E-state index is -1.34. The van der Waals surface area contributed by atoms with Crippen LogP contribution in [0.15, 0.2) is 65.7 Å². The molecule has 0 N–H and O–H groups in total. The van der Waals surface area contributed by atoms with E-state index in [9.17, 15) is 4.21 Å². The van der Waals surface area contributed by atoms with Crippen molar-refractivity contribution in [3.63, 3.8) is 0 Å². The van der Waals surface area contributed by atoms with Crippen LogP contribution in [0.4, 0.5) is 5.82 Å². The van der Waals surface area contributed by atoms with Crippen LogP contribution in [0.25, 0.3) is 6.08 Å². The third-order valence-electron chi connectivity index (χ3n) is 5.98. The maximum atomic E-state index is 13.6.